The van der Waals surface area contributed by atoms with Crippen LogP contribution >= 0.6 is 11.8 Å². The number of thioether (sulfide) groups is 1. The van der Waals surface area contributed by atoms with Gasteiger partial charge < -0.3 is 29.6 Å². The van der Waals surface area contributed by atoms with E-state index in [0.717, 1.165) is 10.5 Å². The highest BCUT2D eigenvalue weighted by Crippen LogP contribution is 2.35. The van der Waals surface area contributed by atoms with E-state index in [0.29, 0.717) is 22.8 Å². The van der Waals surface area contributed by atoms with Gasteiger partial charge in [0.2, 0.25) is 0 Å². The Balaban J connectivity index is 1.53. The van der Waals surface area contributed by atoms with Gasteiger partial charge in [0.1, 0.15) is 23.8 Å². The molecule has 200 valence electrons. The molecule has 1 saturated heterocycles. The zero-order valence-corrected chi connectivity index (χ0v) is 21.8. The van der Waals surface area contributed by atoms with Gasteiger partial charge in [-0.2, -0.15) is 0 Å². The van der Waals surface area contributed by atoms with E-state index in [9.17, 15) is 14.4 Å². The summed E-state index contributed by atoms with van der Waals surface area (Å²) < 4.78 is 21.5. The fourth-order valence-corrected chi connectivity index (χ4v) is 4.85. The monoisotopic (exact) mass is 540 g/mol. The summed E-state index contributed by atoms with van der Waals surface area (Å²) in [4.78, 5) is 44.8. The van der Waals surface area contributed by atoms with E-state index in [-0.39, 0.29) is 25.5 Å². The summed E-state index contributed by atoms with van der Waals surface area (Å²) in [5.74, 6) is 0.679. The SMILES string of the molecule is C=CCOC(=O)N[C@@H]1C(=O)N2C(C(=O)NCc3ccc(OC)cc3OC)=C(CSc3ccncc3)CO[C@H]12. The summed E-state index contributed by atoms with van der Waals surface area (Å²) in [6.45, 7) is 3.76. The van der Waals surface area contributed by atoms with Crippen molar-refractivity contribution in [3.63, 3.8) is 0 Å². The molecule has 1 aromatic carbocycles. The molecule has 0 bridgehead atoms. The summed E-state index contributed by atoms with van der Waals surface area (Å²) in [5, 5.41) is 5.38. The number of methoxy groups -OCH3 is 2. The number of hydrogen-bond donors (Lipinski definition) is 2. The van der Waals surface area contributed by atoms with Crippen molar-refractivity contribution in [2.45, 2.75) is 23.7 Å². The number of carbonyl (C=O) groups is 3. The molecule has 4 rings (SSSR count). The van der Waals surface area contributed by atoms with Crippen LogP contribution in [-0.2, 0) is 25.6 Å². The number of nitrogens with zero attached hydrogens (tertiary/aromatic N) is 2. The number of hydrogen-bond acceptors (Lipinski definition) is 9. The molecule has 2 aromatic rings. The molecule has 2 atom stereocenters. The fourth-order valence-electron chi connectivity index (χ4n) is 3.98. The first-order chi connectivity index (χ1) is 18.5. The standard InChI is InChI=1S/C26H28N4O7S/c1-4-11-36-26(33)29-21-24(32)30-22(17(14-37-25(21)30)15-38-19-7-9-27-10-8-19)23(31)28-13-16-5-6-18(34-2)12-20(16)35-3/h4-10,12,21,25H,1,11,13-15H2,2-3H3,(H,28,31)(H,29,33)/t21-,25-/m1/s1. The minimum Gasteiger partial charge on any atom is -0.497 e. The summed E-state index contributed by atoms with van der Waals surface area (Å²) >= 11 is 1.49. The maximum Gasteiger partial charge on any atom is 0.408 e. The second-order valence-corrected chi connectivity index (χ2v) is 9.25. The molecule has 12 heteroatoms. The van der Waals surface area contributed by atoms with Gasteiger partial charge in [-0.05, 0) is 29.8 Å². The maximum atomic E-state index is 13.5. The average molecular weight is 541 g/mol. The van der Waals surface area contributed by atoms with Crippen LogP contribution in [0, 0.1) is 0 Å². The van der Waals surface area contributed by atoms with Crippen LogP contribution in [0.3, 0.4) is 0 Å². The lowest BCUT2D eigenvalue weighted by molar-refractivity contribution is -0.180. The van der Waals surface area contributed by atoms with E-state index in [4.69, 9.17) is 18.9 Å². The molecule has 2 N–H and O–H groups in total. The van der Waals surface area contributed by atoms with Gasteiger partial charge in [-0.25, -0.2) is 4.79 Å². The van der Waals surface area contributed by atoms with Crippen molar-refractivity contribution >= 4 is 29.7 Å². The van der Waals surface area contributed by atoms with Gasteiger partial charge in [-0.1, -0.05) is 12.7 Å². The number of rotatable bonds is 11. The van der Waals surface area contributed by atoms with Gasteiger partial charge in [0, 0.05) is 41.2 Å². The summed E-state index contributed by atoms with van der Waals surface area (Å²) in [5.41, 5.74) is 1.58. The summed E-state index contributed by atoms with van der Waals surface area (Å²) in [7, 11) is 3.09. The molecule has 2 aliphatic heterocycles. The quantitative estimate of drug-likeness (QED) is 0.251. The Kier molecular flexibility index (Phi) is 8.87. The molecule has 0 aliphatic carbocycles. The molecule has 1 aromatic heterocycles. The minimum absolute atomic E-state index is 0.000735. The molecular formula is C26H28N4O7S. The zero-order chi connectivity index (χ0) is 27.1. The third-order valence-corrected chi connectivity index (χ3v) is 6.96. The lowest BCUT2D eigenvalue weighted by atomic mass is 9.98. The number of β-lactam (4-membered cyclic amide) rings is 1. The third-order valence-electron chi connectivity index (χ3n) is 5.86. The molecule has 0 spiro atoms. The summed E-state index contributed by atoms with van der Waals surface area (Å²) in [6, 6.07) is 8.04. The first-order valence-electron chi connectivity index (χ1n) is 11.7. The van der Waals surface area contributed by atoms with E-state index in [2.05, 4.69) is 22.2 Å². The van der Waals surface area contributed by atoms with Crippen LogP contribution in [0.4, 0.5) is 4.79 Å². The van der Waals surface area contributed by atoms with Crippen molar-refractivity contribution in [2.75, 3.05) is 33.2 Å². The Labute approximate surface area is 224 Å². The number of alkyl carbamates (subject to hydrolysis) is 1. The molecule has 38 heavy (non-hydrogen) atoms. The number of fused-ring (bicyclic) bond motifs is 1. The number of nitrogens with one attached hydrogen (secondary N) is 2. The van der Waals surface area contributed by atoms with Gasteiger partial charge >= 0.3 is 6.09 Å². The highest BCUT2D eigenvalue weighted by atomic mass is 32.2. The first kappa shape index (κ1) is 27.0. The number of carbonyl (C=O) groups excluding carboxylic acids is 3. The number of ether oxygens (including phenoxy) is 4. The van der Waals surface area contributed by atoms with Gasteiger partial charge in [0.05, 0.1) is 20.8 Å². The van der Waals surface area contributed by atoms with Crippen LogP contribution in [0.5, 0.6) is 11.5 Å². The smallest absolute Gasteiger partial charge is 0.408 e. The first-order valence-corrected chi connectivity index (χ1v) is 12.7. The molecule has 3 heterocycles. The van der Waals surface area contributed by atoms with E-state index in [1.54, 1.807) is 37.7 Å². The molecule has 0 saturated carbocycles. The van der Waals surface area contributed by atoms with Crippen LogP contribution in [-0.4, -0.2) is 73.2 Å². The van der Waals surface area contributed by atoms with E-state index in [1.807, 2.05) is 12.1 Å². The molecular weight excluding hydrogens is 512 g/mol. The second-order valence-electron chi connectivity index (χ2n) is 8.20. The predicted molar refractivity (Wildman–Crippen MR) is 138 cm³/mol. The molecule has 2 aliphatic rings. The Bertz CT molecular complexity index is 1240. The number of benzene rings is 1. The summed E-state index contributed by atoms with van der Waals surface area (Å²) in [6.07, 6.45) is 3.18. The van der Waals surface area contributed by atoms with Gasteiger partial charge in [0.15, 0.2) is 12.3 Å². The lowest BCUT2D eigenvalue weighted by Crippen LogP contribution is -2.73. The lowest BCUT2D eigenvalue weighted by Gasteiger charge is -2.49. The largest absolute Gasteiger partial charge is 0.497 e. The highest BCUT2D eigenvalue weighted by molar-refractivity contribution is 7.99. The molecule has 11 nitrogen and oxygen atoms in total. The second kappa shape index (κ2) is 12.5. The van der Waals surface area contributed by atoms with Gasteiger partial charge in [0.25, 0.3) is 11.8 Å². The van der Waals surface area contributed by atoms with Gasteiger partial charge in [-0.15, -0.1) is 11.8 Å². The van der Waals surface area contributed by atoms with E-state index >= 15 is 0 Å². The Morgan fingerprint density at radius 2 is 2.03 bits per heavy atom. The Morgan fingerprint density at radius 3 is 2.74 bits per heavy atom. The highest BCUT2D eigenvalue weighted by Gasteiger charge is 2.55. The average Bonchev–Trinajstić information content (AvgIpc) is 2.96. The van der Waals surface area contributed by atoms with Crippen molar-refractivity contribution in [3.8, 4) is 11.5 Å². The van der Waals surface area contributed by atoms with Gasteiger partial charge in [-0.3, -0.25) is 19.5 Å². The maximum absolute atomic E-state index is 13.5. The van der Waals surface area contributed by atoms with E-state index < -0.39 is 30.2 Å². The molecule has 1 fully saturated rings. The number of amides is 3. The Hall–Kier alpha value is -4.03. The number of pyridine rings is 1. The van der Waals surface area contributed by atoms with Crippen molar-refractivity contribution in [2.24, 2.45) is 0 Å². The van der Waals surface area contributed by atoms with Crippen molar-refractivity contribution in [3.05, 3.63) is 72.2 Å². The van der Waals surface area contributed by atoms with Crippen molar-refractivity contribution < 1.29 is 33.3 Å². The third kappa shape index (κ3) is 5.92. The fraction of sp³-hybridized carbons (Fsp3) is 0.308. The van der Waals surface area contributed by atoms with Crippen LogP contribution < -0.4 is 20.1 Å². The van der Waals surface area contributed by atoms with Crippen LogP contribution in [0.25, 0.3) is 0 Å². The predicted octanol–water partition coefficient (Wildman–Crippen LogP) is 2.24. The van der Waals surface area contributed by atoms with Crippen molar-refractivity contribution in [1.29, 1.82) is 0 Å². The minimum atomic E-state index is -0.966. The molecule has 3 amide bonds. The molecule has 0 unspecified atom stereocenters. The normalized spacial score (nSPS) is 18.2. The zero-order valence-electron chi connectivity index (χ0n) is 21.0. The van der Waals surface area contributed by atoms with Crippen LogP contribution in [0.2, 0.25) is 0 Å². The van der Waals surface area contributed by atoms with E-state index in [1.165, 1.54) is 29.8 Å². The van der Waals surface area contributed by atoms with Crippen LogP contribution in [0.15, 0.2) is 71.5 Å². The number of aromatic nitrogens is 1. The topological polar surface area (TPSA) is 128 Å². The molecule has 0 radical (unpaired) electrons. The van der Waals surface area contributed by atoms with Crippen LogP contribution in [0.1, 0.15) is 5.56 Å². The Morgan fingerprint density at radius 1 is 1.24 bits per heavy atom. The van der Waals surface area contributed by atoms with Crippen molar-refractivity contribution in [1.82, 2.24) is 20.5 Å².